The highest BCUT2D eigenvalue weighted by Crippen LogP contribution is 2.30. The van der Waals surface area contributed by atoms with Crippen LogP contribution in [0.1, 0.15) is 33.1 Å². The van der Waals surface area contributed by atoms with Gasteiger partial charge >= 0.3 is 0 Å². The number of rotatable bonds is 9. The van der Waals surface area contributed by atoms with Crippen molar-refractivity contribution in [3.05, 3.63) is 30.3 Å². The van der Waals surface area contributed by atoms with Gasteiger partial charge in [-0.1, -0.05) is 48.7 Å². The highest BCUT2D eigenvalue weighted by Gasteiger charge is 2.38. The topological polar surface area (TPSA) is 104 Å². The molecule has 3 atom stereocenters. The Morgan fingerprint density at radius 3 is 2.72 bits per heavy atom. The summed E-state index contributed by atoms with van der Waals surface area (Å²) in [4.78, 5) is 40.4. The number of thioether (sulfide) groups is 1. The van der Waals surface area contributed by atoms with Crippen molar-refractivity contribution in [3.8, 4) is 11.3 Å². The highest BCUT2D eigenvalue weighted by atomic mass is 32.2. The van der Waals surface area contributed by atoms with Crippen LogP contribution in [0.25, 0.3) is 11.3 Å². The van der Waals surface area contributed by atoms with Crippen molar-refractivity contribution in [2.24, 2.45) is 5.92 Å². The molecule has 32 heavy (non-hydrogen) atoms. The zero-order valence-electron chi connectivity index (χ0n) is 18.5. The maximum absolute atomic E-state index is 13.3. The maximum Gasteiger partial charge on any atom is 0.247 e. The SMILES string of the molecule is CC[C@@H](C)C(=O)N[C@@H](CSC)C(=O)N1CCC[C@H]1C(=O)Nc1snnc1-c1ccccc1. The molecule has 1 aromatic heterocycles. The molecule has 0 spiro atoms. The number of aromatic nitrogens is 2. The van der Waals surface area contributed by atoms with E-state index in [-0.39, 0.29) is 23.6 Å². The number of anilines is 1. The van der Waals surface area contributed by atoms with Gasteiger partial charge in [0, 0.05) is 35.3 Å². The predicted molar refractivity (Wildman–Crippen MR) is 128 cm³/mol. The van der Waals surface area contributed by atoms with E-state index in [1.54, 1.807) is 4.90 Å². The largest absolute Gasteiger partial charge is 0.343 e. The van der Waals surface area contributed by atoms with Crippen molar-refractivity contribution < 1.29 is 14.4 Å². The minimum Gasteiger partial charge on any atom is -0.343 e. The molecule has 10 heteroatoms. The van der Waals surface area contributed by atoms with Crippen LogP contribution < -0.4 is 10.6 Å². The molecule has 0 bridgehead atoms. The van der Waals surface area contributed by atoms with Gasteiger partial charge in [-0.15, -0.1) is 5.10 Å². The van der Waals surface area contributed by atoms with Crippen LogP contribution in [-0.2, 0) is 14.4 Å². The third kappa shape index (κ3) is 5.66. The molecule has 0 radical (unpaired) electrons. The summed E-state index contributed by atoms with van der Waals surface area (Å²) in [7, 11) is 0. The lowest BCUT2D eigenvalue weighted by Crippen LogP contribution is -2.54. The Bertz CT molecular complexity index is 937. The van der Waals surface area contributed by atoms with Gasteiger partial charge in [-0.25, -0.2) is 0 Å². The number of carbonyl (C=O) groups excluding carboxylic acids is 3. The Labute approximate surface area is 196 Å². The molecule has 2 aromatic rings. The molecular formula is C22H29N5O3S2. The van der Waals surface area contributed by atoms with E-state index in [1.807, 2.05) is 50.4 Å². The van der Waals surface area contributed by atoms with Gasteiger partial charge in [0.05, 0.1) is 0 Å². The number of nitrogens with one attached hydrogen (secondary N) is 2. The standard InChI is InChI=1S/C22H29N5O3S2/c1-4-14(2)19(28)23-16(13-31-3)22(30)27-12-8-11-17(27)20(29)24-21-18(25-26-32-21)15-9-6-5-7-10-15/h5-7,9-10,14,16-17H,4,8,11-13H2,1-3H3,(H,23,28)(H,24,29)/t14-,16+,17+/m1/s1. The van der Waals surface area contributed by atoms with Gasteiger partial charge in [-0.2, -0.15) is 11.8 Å². The lowest BCUT2D eigenvalue weighted by molar-refractivity contribution is -0.140. The fourth-order valence-corrected chi connectivity index (χ4v) is 4.75. The fraction of sp³-hybridized carbons (Fsp3) is 0.500. The van der Waals surface area contributed by atoms with E-state index in [1.165, 1.54) is 11.8 Å². The number of benzene rings is 1. The summed E-state index contributed by atoms with van der Waals surface area (Å²) in [6.07, 6.45) is 3.91. The molecule has 1 fully saturated rings. The minimum atomic E-state index is -0.648. The second-order valence-electron chi connectivity index (χ2n) is 7.82. The maximum atomic E-state index is 13.3. The van der Waals surface area contributed by atoms with Crippen molar-refractivity contribution >= 4 is 46.0 Å². The van der Waals surface area contributed by atoms with Crippen LogP contribution in [0.4, 0.5) is 5.00 Å². The van der Waals surface area contributed by atoms with Crippen LogP contribution in [-0.4, -0.2) is 62.8 Å². The van der Waals surface area contributed by atoms with E-state index in [0.29, 0.717) is 35.8 Å². The van der Waals surface area contributed by atoms with Crippen molar-refractivity contribution in [1.29, 1.82) is 0 Å². The zero-order chi connectivity index (χ0) is 23.1. The molecule has 1 aliphatic rings. The van der Waals surface area contributed by atoms with E-state index >= 15 is 0 Å². The summed E-state index contributed by atoms with van der Waals surface area (Å²) in [6, 6.07) is 8.29. The lowest BCUT2D eigenvalue weighted by atomic mass is 10.1. The number of hydrogen-bond acceptors (Lipinski definition) is 7. The molecule has 8 nitrogen and oxygen atoms in total. The smallest absolute Gasteiger partial charge is 0.247 e. The third-order valence-corrected chi connectivity index (χ3v) is 6.93. The van der Waals surface area contributed by atoms with Gasteiger partial charge in [0.2, 0.25) is 17.7 Å². The van der Waals surface area contributed by atoms with E-state index in [9.17, 15) is 14.4 Å². The van der Waals surface area contributed by atoms with Gasteiger partial charge in [0.1, 0.15) is 22.8 Å². The second kappa shape index (κ2) is 11.4. The molecule has 3 amide bonds. The molecule has 2 heterocycles. The molecule has 0 aliphatic carbocycles. The van der Waals surface area contributed by atoms with E-state index in [0.717, 1.165) is 23.5 Å². The Balaban J connectivity index is 1.72. The van der Waals surface area contributed by atoms with Gasteiger partial charge in [0.25, 0.3) is 0 Å². The van der Waals surface area contributed by atoms with E-state index in [4.69, 9.17) is 0 Å². The predicted octanol–water partition coefficient (Wildman–Crippen LogP) is 3.03. The zero-order valence-corrected chi connectivity index (χ0v) is 20.2. The first-order valence-electron chi connectivity index (χ1n) is 10.7. The van der Waals surface area contributed by atoms with Gasteiger partial charge in [-0.3, -0.25) is 14.4 Å². The van der Waals surface area contributed by atoms with E-state index < -0.39 is 12.1 Å². The number of carbonyl (C=O) groups is 3. The average molecular weight is 476 g/mol. The Kier molecular flexibility index (Phi) is 8.63. The lowest BCUT2D eigenvalue weighted by Gasteiger charge is -2.29. The summed E-state index contributed by atoms with van der Waals surface area (Å²) in [5, 5.41) is 10.5. The van der Waals surface area contributed by atoms with Gasteiger partial charge < -0.3 is 15.5 Å². The molecule has 172 valence electrons. The summed E-state index contributed by atoms with van der Waals surface area (Å²) < 4.78 is 3.99. The molecule has 2 N–H and O–H groups in total. The van der Waals surface area contributed by atoms with Crippen LogP contribution in [0.5, 0.6) is 0 Å². The van der Waals surface area contributed by atoms with Gasteiger partial charge in [-0.05, 0) is 25.5 Å². The molecule has 0 unspecified atom stereocenters. The number of amides is 3. The molecular weight excluding hydrogens is 446 g/mol. The summed E-state index contributed by atoms with van der Waals surface area (Å²) >= 11 is 2.61. The highest BCUT2D eigenvalue weighted by molar-refractivity contribution is 7.98. The summed E-state index contributed by atoms with van der Waals surface area (Å²) in [5.74, 6) is -0.305. The molecule has 1 aromatic carbocycles. The minimum absolute atomic E-state index is 0.136. The van der Waals surface area contributed by atoms with Crippen molar-refractivity contribution in [1.82, 2.24) is 19.8 Å². The Morgan fingerprint density at radius 2 is 2.03 bits per heavy atom. The van der Waals surface area contributed by atoms with Crippen LogP contribution in [0.3, 0.4) is 0 Å². The molecule has 1 saturated heterocycles. The van der Waals surface area contributed by atoms with Crippen molar-refractivity contribution in [3.63, 3.8) is 0 Å². The van der Waals surface area contributed by atoms with Gasteiger partial charge in [0.15, 0.2) is 0 Å². The normalized spacial score (nSPS) is 17.6. The number of nitrogens with zero attached hydrogens (tertiary/aromatic N) is 3. The summed E-state index contributed by atoms with van der Waals surface area (Å²) in [5.41, 5.74) is 1.48. The van der Waals surface area contributed by atoms with Crippen molar-refractivity contribution in [2.45, 2.75) is 45.2 Å². The number of likely N-dealkylation sites (tertiary alicyclic amines) is 1. The molecule has 0 saturated carbocycles. The first kappa shape index (κ1) is 24.2. The Hall–Kier alpha value is -2.46. The van der Waals surface area contributed by atoms with Crippen LogP contribution >= 0.6 is 23.3 Å². The van der Waals surface area contributed by atoms with E-state index in [2.05, 4.69) is 20.2 Å². The monoisotopic (exact) mass is 475 g/mol. The molecule has 1 aliphatic heterocycles. The third-order valence-electron chi connectivity index (χ3n) is 5.62. The molecule has 3 rings (SSSR count). The fourth-order valence-electron chi connectivity index (χ4n) is 3.60. The quantitative estimate of drug-likeness (QED) is 0.578. The van der Waals surface area contributed by atoms with Crippen molar-refractivity contribution in [2.75, 3.05) is 23.9 Å². The Morgan fingerprint density at radius 1 is 1.28 bits per heavy atom. The van der Waals surface area contributed by atoms with Crippen LogP contribution in [0.15, 0.2) is 30.3 Å². The first-order valence-corrected chi connectivity index (χ1v) is 12.9. The van der Waals surface area contributed by atoms with Crippen LogP contribution in [0, 0.1) is 5.92 Å². The second-order valence-corrected chi connectivity index (χ2v) is 9.49. The van der Waals surface area contributed by atoms with Crippen LogP contribution in [0.2, 0.25) is 0 Å². The number of hydrogen-bond donors (Lipinski definition) is 2. The summed E-state index contributed by atoms with van der Waals surface area (Å²) in [6.45, 7) is 4.28. The first-order chi connectivity index (χ1) is 15.5. The average Bonchev–Trinajstić information content (AvgIpc) is 3.48.